The molecular formula is C63H78N6O21. The first-order chi connectivity index (χ1) is 42.9. The van der Waals surface area contributed by atoms with E-state index in [0.717, 1.165) is 0 Å². The molecule has 6 aliphatic rings. The summed E-state index contributed by atoms with van der Waals surface area (Å²) in [5, 5.41) is 44.7. The molecule has 4 fully saturated rings. The number of amides is 6. The van der Waals surface area contributed by atoms with E-state index in [1.165, 1.54) is 61.6 Å². The van der Waals surface area contributed by atoms with E-state index >= 15 is 0 Å². The number of nitrogens with zero attached hydrogens (tertiary/aromatic N) is 2. The van der Waals surface area contributed by atoms with Crippen molar-refractivity contribution in [3.8, 4) is 17.2 Å². The first-order valence-electron chi connectivity index (χ1n) is 30.3. The van der Waals surface area contributed by atoms with Crippen LogP contribution in [-0.2, 0) is 75.0 Å². The van der Waals surface area contributed by atoms with Crippen LogP contribution >= 0.6 is 0 Å². The van der Waals surface area contributed by atoms with Crippen LogP contribution in [0.4, 0.5) is 15.3 Å². The topological polar surface area (TPSA) is 374 Å². The number of unbranched alkanes of at least 4 members (excludes halogenated alkanes) is 2. The highest BCUT2D eigenvalue weighted by molar-refractivity contribution is 6.31. The van der Waals surface area contributed by atoms with Gasteiger partial charge in [-0.2, -0.15) is 0 Å². The fourth-order valence-corrected chi connectivity index (χ4v) is 12.8. The summed E-state index contributed by atoms with van der Waals surface area (Å²) < 4.78 is 46.5. The van der Waals surface area contributed by atoms with Crippen molar-refractivity contribution in [3.63, 3.8) is 0 Å². The summed E-state index contributed by atoms with van der Waals surface area (Å²) in [6, 6.07) is 8.44. The molecule has 486 valence electrons. The molecule has 4 heterocycles. The molecular weight excluding hydrogens is 1180 g/mol. The van der Waals surface area contributed by atoms with E-state index in [1.807, 2.05) is 0 Å². The van der Waals surface area contributed by atoms with Gasteiger partial charge in [0.1, 0.15) is 35.6 Å². The smallest absolute Gasteiger partial charge is 0.507 e. The zero-order chi connectivity index (χ0) is 64.9. The van der Waals surface area contributed by atoms with E-state index in [1.54, 1.807) is 27.7 Å². The molecule has 0 aromatic heterocycles. The van der Waals surface area contributed by atoms with Crippen LogP contribution in [0.15, 0.2) is 42.5 Å². The number of ketones is 4. The highest BCUT2D eigenvalue weighted by Crippen LogP contribution is 2.53. The number of ether oxygens (including phenoxy) is 8. The number of benzene rings is 3. The predicted octanol–water partition coefficient (Wildman–Crippen LogP) is 4.13. The lowest BCUT2D eigenvalue weighted by Crippen LogP contribution is -2.55. The number of carbonyl (C=O) groups excluding carboxylic acids is 10. The molecule has 27 nitrogen and oxygen atoms in total. The molecule has 11 atom stereocenters. The third-order valence-electron chi connectivity index (χ3n) is 17.5. The number of anilines is 1. The van der Waals surface area contributed by atoms with Gasteiger partial charge in [0, 0.05) is 106 Å². The van der Waals surface area contributed by atoms with Crippen LogP contribution in [0.2, 0.25) is 0 Å². The number of rotatable bonds is 26. The Morgan fingerprint density at radius 1 is 0.889 bits per heavy atom. The maximum absolute atomic E-state index is 14.3. The highest BCUT2D eigenvalue weighted by atomic mass is 16.7. The summed E-state index contributed by atoms with van der Waals surface area (Å²) in [6.07, 6.45) is -5.28. The van der Waals surface area contributed by atoms with Crippen LogP contribution in [0.1, 0.15) is 147 Å². The number of urea groups is 1. The fraction of sp³-hybridized carbons (Fsp3) is 0.556. The number of hydrogen-bond donors (Lipinski definition) is 7. The van der Waals surface area contributed by atoms with Crippen molar-refractivity contribution in [1.82, 2.24) is 20.4 Å². The van der Waals surface area contributed by atoms with Gasteiger partial charge in [-0.05, 0) is 62.3 Å². The van der Waals surface area contributed by atoms with Crippen LogP contribution in [0.3, 0.4) is 0 Å². The molecule has 4 aliphatic heterocycles. The maximum atomic E-state index is 14.3. The Labute approximate surface area is 518 Å². The van der Waals surface area contributed by atoms with Crippen LogP contribution < -0.4 is 26.4 Å². The minimum atomic E-state index is -2.50. The van der Waals surface area contributed by atoms with Crippen molar-refractivity contribution in [2.75, 3.05) is 52.4 Å². The van der Waals surface area contributed by atoms with Crippen LogP contribution in [0, 0.1) is 17.8 Å². The zero-order valence-corrected chi connectivity index (χ0v) is 51.1. The molecule has 9 rings (SSSR count). The molecule has 6 amide bonds. The Kier molecular flexibility index (Phi) is 21.1. The quantitative estimate of drug-likeness (QED) is 0.0201. The second-order valence-electron chi connectivity index (χ2n) is 24.0. The van der Waals surface area contributed by atoms with Gasteiger partial charge in [0.25, 0.3) is 0 Å². The molecule has 90 heavy (non-hydrogen) atoms. The number of imide groups is 1. The van der Waals surface area contributed by atoms with Gasteiger partial charge in [-0.3, -0.25) is 48.2 Å². The number of Topliss-reactive ketones (excluding diaryl/α,β-unsaturated/α-hetero) is 2. The van der Waals surface area contributed by atoms with E-state index < -0.39 is 132 Å². The zero-order valence-electron chi connectivity index (χ0n) is 51.1. The number of aromatic hydroxyl groups is 2. The Morgan fingerprint density at radius 3 is 2.32 bits per heavy atom. The number of methoxy groups -OCH3 is 2. The van der Waals surface area contributed by atoms with Crippen molar-refractivity contribution in [3.05, 3.63) is 81.4 Å². The molecule has 27 heteroatoms. The summed E-state index contributed by atoms with van der Waals surface area (Å²) in [7, 11) is 2.81. The molecule has 3 aromatic rings. The van der Waals surface area contributed by atoms with Gasteiger partial charge in [-0.25, -0.2) is 9.59 Å². The SMILES string of the molecule is COc1cccc2c1C(=O)c1c(O)c3c(c(O)c1C2=O)C[C@@](O)(C(=O)COC(=O)OCc1ccc(NC(=O)[C@@H](CCCNC(N)=O)CC(=O)[C@H](NC(=O)CCCCCN2C(=O)CC(C)C2=O)C(C)C)cc1)C[C@@H]3O[C@H]1C[C@H]2[C@H](O[C@@H]3[C@@H](OC)OCCN32)[C@H](C)O1. The number of likely N-dealkylation sites (tertiary alicyclic amines) is 1. The summed E-state index contributed by atoms with van der Waals surface area (Å²) in [4.78, 5) is 136. The molecule has 8 N–H and O–H groups in total. The third-order valence-corrected chi connectivity index (χ3v) is 17.5. The monoisotopic (exact) mass is 1250 g/mol. The van der Waals surface area contributed by atoms with Gasteiger partial charge in [0.15, 0.2) is 37.0 Å². The molecule has 0 bridgehead atoms. The number of carbonyl (C=O) groups is 10. The number of nitrogens with one attached hydrogen (secondary N) is 3. The minimum Gasteiger partial charge on any atom is -0.507 e. The van der Waals surface area contributed by atoms with Gasteiger partial charge in [0.2, 0.25) is 35.2 Å². The van der Waals surface area contributed by atoms with Crippen molar-refractivity contribution in [2.24, 2.45) is 23.5 Å². The van der Waals surface area contributed by atoms with E-state index in [2.05, 4.69) is 20.9 Å². The lowest BCUT2D eigenvalue weighted by molar-refractivity contribution is -0.256. The Morgan fingerprint density at radius 2 is 1.63 bits per heavy atom. The number of primary amides is 1. The molecule has 0 saturated carbocycles. The molecule has 4 saturated heterocycles. The highest BCUT2D eigenvalue weighted by Gasteiger charge is 2.55. The Balaban J connectivity index is 0.824. The molecule has 3 aromatic carbocycles. The van der Waals surface area contributed by atoms with Gasteiger partial charge >= 0.3 is 12.2 Å². The Hall–Kier alpha value is -7.92. The summed E-state index contributed by atoms with van der Waals surface area (Å²) in [6.45, 7) is 6.84. The van der Waals surface area contributed by atoms with Gasteiger partial charge < -0.3 is 74.9 Å². The van der Waals surface area contributed by atoms with Gasteiger partial charge in [-0.1, -0.05) is 51.5 Å². The molecule has 2 aliphatic carbocycles. The second kappa shape index (κ2) is 28.5. The van der Waals surface area contributed by atoms with Crippen LogP contribution in [-0.4, -0.2) is 180 Å². The first-order valence-corrected chi connectivity index (χ1v) is 30.3. The largest absolute Gasteiger partial charge is 0.509 e. The van der Waals surface area contributed by atoms with E-state index in [-0.39, 0.29) is 128 Å². The van der Waals surface area contributed by atoms with Crippen LogP contribution in [0.25, 0.3) is 0 Å². The van der Waals surface area contributed by atoms with E-state index in [4.69, 9.17) is 43.6 Å². The molecule has 1 unspecified atom stereocenters. The number of morpholine rings is 1. The second-order valence-corrected chi connectivity index (χ2v) is 24.0. The van der Waals surface area contributed by atoms with Crippen molar-refractivity contribution in [1.29, 1.82) is 0 Å². The minimum absolute atomic E-state index is 0.0453. The number of hydrogen-bond acceptors (Lipinski definition) is 22. The number of fused-ring (bicyclic) bond motifs is 6. The summed E-state index contributed by atoms with van der Waals surface area (Å²) in [5.74, 6) is -7.45. The van der Waals surface area contributed by atoms with Crippen molar-refractivity contribution >= 4 is 64.6 Å². The average Bonchev–Trinajstić information content (AvgIpc) is 0.884. The van der Waals surface area contributed by atoms with Crippen molar-refractivity contribution in [2.45, 2.75) is 160 Å². The lowest BCUT2D eigenvalue weighted by atomic mass is 9.72. The molecule has 0 radical (unpaired) electrons. The normalized spacial score (nSPS) is 25.0. The van der Waals surface area contributed by atoms with Crippen LogP contribution in [0.5, 0.6) is 17.2 Å². The number of phenols is 2. The predicted molar refractivity (Wildman–Crippen MR) is 313 cm³/mol. The molecule has 0 spiro atoms. The first kappa shape index (κ1) is 66.5. The number of nitrogens with two attached hydrogens (primary N) is 1. The third kappa shape index (κ3) is 14.3. The fourth-order valence-electron chi connectivity index (χ4n) is 12.8. The average molecular weight is 1260 g/mol. The van der Waals surface area contributed by atoms with Gasteiger partial charge in [0.05, 0.1) is 48.7 Å². The summed E-state index contributed by atoms with van der Waals surface area (Å²) in [5.41, 5.74) is 1.66. The van der Waals surface area contributed by atoms with E-state index in [9.17, 15) is 63.3 Å². The van der Waals surface area contributed by atoms with Crippen molar-refractivity contribution < 1.29 is 101 Å². The maximum Gasteiger partial charge on any atom is 0.509 e. The van der Waals surface area contributed by atoms with Gasteiger partial charge in [-0.15, -0.1) is 0 Å². The summed E-state index contributed by atoms with van der Waals surface area (Å²) >= 11 is 0. The number of phenolic OH excluding ortho intramolecular Hbond substituents is 2. The standard InChI is InChI=1S/C63H78N6O21/c1-31(2)51(67-44(72)15-8-7-9-21-69-45(73)24-32(3)58(69)79)40(70)25-35(12-11-20-65-61(64)80)57(78)66-36-18-16-34(17-19-36)29-86-62(81)87-30-43(71)63(82)27-38-48(55(77)50-49(53(38)75)52(74)37-13-10-14-41(83-5)47(37)54(50)76)42(28-63)89-46-26-39-56(33(4)88-46)90-59-60(84-6)85-23-22-68(39)59/h10,13-14,16-19,31-33,35,39,42,46,51,56,59-60,75,77,82H,7-9,11-12,15,20-30H2,1-6H3,(H,66,78)(H,67,72)(H3,64,65,80)/t32?,33-,35-,39-,42-,46-,51+,56+,59+,60-,63-/m0/s1. The number of aliphatic hydroxyl groups is 1. The Bertz CT molecular complexity index is 3280. The lowest BCUT2D eigenvalue weighted by Gasteiger charge is -2.43. The van der Waals surface area contributed by atoms with E-state index in [0.29, 0.717) is 43.7 Å².